The molecule has 0 saturated heterocycles. The van der Waals surface area contributed by atoms with Gasteiger partial charge in [0.25, 0.3) is 5.92 Å². The predicted octanol–water partition coefficient (Wildman–Crippen LogP) is 1.91. The molecule has 96 valence electrons. The summed E-state index contributed by atoms with van der Waals surface area (Å²) >= 11 is 0. The molecule has 0 aromatic carbocycles. The van der Waals surface area contributed by atoms with Crippen LogP contribution in [0.1, 0.15) is 13.8 Å². The van der Waals surface area contributed by atoms with Crippen molar-refractivity contribution in [2.45, 2.75) is 24.7 Å². The summed E-state index contributed by atoms with van der Waals surface area (Å²) < 4.78 is 52.9. The number of hydrogen-bond acceptors (Lipinski definition) is 4. The molecule has 0 aliphatic heterocycles. The van der Waals surface area contributed by atoms with Crippen molar-refractivity contribution in [3.63, 3.8) is 0 Å². The van der Waals surface area contributed by atoms with Gasteiger partial charge in [0, 0.05) is 19.2 Å². The SMILES string of the molecule is CCS(=O)(=O)c1cncc(OCC(C)(F)F)c1. The number of aromatic nitrogens is 1. The third kappa shape index (κ3) is 4.26. The molecular weight excluding hydrogens is 252 g/mol. The van der Waals surface area contributed by atoms with Crippen molar-refractivity contribution in [3.05, 3.63) is 18.5 Å². The largest absolute Gasteiger partial charge is 0.486 e. The Balaban J connectivity index is 2.88. The number of ether oxygens (including phenoxy) is 1. The van der Waals surface area contributed by atoms with E-state index in [4.69, 9.17) is 4.74 Å². The van der Waals surface area contributed by atoms with Gasteiger partial charge in [-0.25, -0.2) is 17.2 Å². The molecule has 0 aliphatic rings. The summed E-state index contributed by atoms with van der Waals surface area (Å²) in [6, 6.07) is 1.19. The fourth-order valence-electron chi connectivity index (χ4n) is 1.02. The Labute approximate surface area is 98.5 Å². The van der Waals surface area contributed by atoms with Crippen LogP contribution in [0.5, 0.6) is 5.75 Å². The molecule has 1 rings (SSSR count). The van der Waals surface area contributed by atoms with Crippen LogP contribution in [0.25, 0.3) is 0 Å². The Morgan fingerprint density at radius 1 is 1.41 bits per heavy atom. The fraction of sp³-hybridized carbons (Fsp3) is 0.500. The molecule has 0 bridgehead atoms. The average molecular weight is 265 g/mol. The van der Waals surface area contributed by atoms with E-state index in [1.165, 1.54) is 19.2 Å². The van der Waals surface area contributed by atoms with Gasteiger partial charge in [0.05, 0.1) is 16.8 Å². The molecule has 4 nitrogen and oxygen atoms in total. The zero-order valence-corrected chi connectivity index (χ0v) is 10.3. The molecule has 0 fully saturated rings. The van der Waals surface area contributed by atoms with Crippen molar-refractivity contribution in [2.24, 2.45) is 0 Å². The Hall–Kier alpha value is -1.24. The molecule has 7 heteroatoms. The first-order chi connectivity index (χ1) is 7.74. The standard InChI is InChI=1S/C10H13F2NO3S/c1-3-17(14,15)9-4-8(5-13-6-9)16-7-10(2,11)12/h4-6H,3,7H2,1-2H3. The second-order valence-corrected chi connectivity index (χ2v) is 5.90. The van der Waals surface area contributed by atoms with Gasteiger partial charge < -0.3 is 4.74 Å². The van der Waals surface area contributed by atoms with E-state index in [9.17, 15) is 17.2 Å². The van der Waals surface area contributed by atoms with Crippen molar-refractivity contribution < 1.29 is 21.9 Å². The summed E-state index contributed by atoms with van der Waals surface area (Å²) in [7, 11) is -3.40. The van der Waals surface area contributed by atoms with Gasteiger partial charge in [0.1, 0.15) is 5.75 Å². The number of alkyl halides is 2. The molecular formula is C10H13F2NO3S. The predicted molar refractivity (Wildman–Crippen MR) is 58.1 cm³/mol. The van der Waals surface area contributed by atoms with Crippen LogP contribution in [0, 0.1) is 0 Å². The summed E-state index contributed by atoms with van der Waals surface area (Å²) in [5.41, 5.74) is 0. The zero-order chi connectivity index (χ0) is 13.1. The van der Waals surface area contributed by atoms with E-state index in [0.717, 1.165) is 6.20 Å². The third-order valence-electron chi connectivity index (χ3n) is 1.92. The van der Waals surface area contributed by atoms with Crippen LogP contribution in [0.4, 0.5) is 8.78 Å². The minimum atomic E-state index is -3.40. The van der Waals surface area contributed by atoms with Crippen molar-refractivity contribution in [3.8, 4) is 5.75 Å². The van der Waals surface area contributed by atoms with Crippen molar-refractivity contribution in [1.82, 2.24) is 4.98 Å². The lowest BCUT2D eigenvalue weighted by Gasteiger charge is -2.12. The van der Waals surface area contributed by atoms with Crippen molar-refractivity contribution in [1.29, 1.82) is 0 Å². The number of hydrogen-bond donors (Lipinski definition) is 0. The minimum Gasteiger partial charge on any atom is -0.486 e. The summed E-state index contributed by atoms with van der Waals surface area (Å²) in [5.74, 6) is -3.04. The van der Waals surface area contributed by atoms with Crippen LogP contribution < -0.4 is 4.74 Å². The highest BCUT2D eigenvalue weighted by Crippen LogP contribution is 2.19. The van der Waals surface area contributed by atoms with Crippen molar-refractivity contribution in [2.75, 3.05) is 12.4 Å². The lowest BCUT2D eigenvalue weighted by Crippen LogP contribution is -2.21. The van der Waals surface area contributed by atoms with Crippen LogP contribution >= 0.6 is 0 Å². The molecule has 1 heterocycles. The van der Waals surface area contributed by atoms with E-state index in [0.29, 0.717) is 6.92 Å². The topological polar surface area (TPSA) is 56.3 Å². The van der Waals surface area contributed by atoms with E-state index < -0.39 is 22.4 Å². The van der Waals surface area contributed by atoms with Gasteiger partial charge in [-0.05, 0) is 0 Å². The first-order valence-electron chi connectivity index (χ1n) is 4.93. The molecule has 0 atom stereocenters. The highest BCUT2D eigenvalue weighted by Gasteiger charge is 2.22. The molecule has 0 radical (unpaired) electrons. The monoisotopic (exact) mass is 265 g/mol. The van der Waals surface area contributed by atoms with Gasteiger partial charge in [-0.2, -0.15) is 0 Å². The molecule has 0 saturated carbocycles. The first kappa shape index (κ1) is 13.8. The van der Waals surface area contributed by atoms with Gasteiger partial charge in [0.2, 0.25) is 0 Å². The van der Waals surface area contributed by atoms with Crippen LogP contribution in [-0.2, 0) is 9.84 Å². The van der Waals surface area contributed by atoms with E-state index in [2.05, 4.69) is 4.98 Å². The lowest BCUT2D eigenvalue weighted by atomic mass is 10.4. The first-order valence-corrected chi connectivity index (χ1v) is 6.58. The Morgan fingerprint density at radius 2 is 2.06 bits per heavy atom. The maximum atomic E-state index is 12.5. The summed E-state index contributed by atoms with van der Waals surface area (Å²) in [4.78, 5) is 3.62. The van der Waals surface area contributed by atoms with Crippen LogP contribution in [-0.4, -0.2) is 31.7 Å². The second kappa shape index (κ2) is 4.95. The number of pyridine rings is 1. The average Bonchev–Trinajstić information content (AvgIpc) is 2.26. The quantitative estimate of drug-likeness (QED) is 0.816. The normalized spacial score (nSPS) is 12.5. The molecule has 0 unspecified atom stereocenters. The highest BCUT2D eigenvalue weighted by atomic mass is 32.2. The minimum absolute atomic E-state index is 0.0149. The maximum Gasteiger partial charge on any atom is 0.278 e. The molecule has 0 aliphatic carbocycles. The van der Waals surface area contributed by atoms with Gasteiger partial charge >= 0.3 is 0 Å². The molecule has 17 heavy (non-hydrogen) atoms. The van der Waals surface area contributed by atoms with Gasteiger partial charge in [-0.3, -0.25) is 4.98 Å². The maximum absolute atomic E-state index is 12.5. The fourth-order valence-corrected chi connectivity index (χ4v) is 1.88. The zero-order valence-electron chi connectivity index (χ0n) is 9.48. The third-order valence-corrected chi connectivity index (χ3v) is 3.62. The molecule has 1 aromatic heterocycles. The number of halogens is 2. The Morgan fingerprint density at radius 3 is 2.59 bits per heavy atom. The van der Waals surface area contributed by atoms with Crippen LogP contribution in [0.2, 0.25) is 0 Å². The molecule has 0 N–H and O–H groups in total. The van der Waals surface area contributed by atoms with Crippen molar-refractivity contribution >= 4 is 9.84 Å². The van der Waals surface area contributed by atoms with Gasteiger partial charge in [-0.15, -0.1) is 0 Å². The van der Waals surface area contributed by atoms with Crippen LogP contribution in [0.3, 0.4) is 0 Å². The highest BCUT2D eigenvalue weighted by molar-refractivity contribution is 7.91. The van der Waals surface area contributed by atoms with E-state index in [-0.39, 0.29) is 16.4 Å². The van der Waals surface area contributed by atoms with Gasteiger partial charge in [-0.1, -0.05) is 6.92 Å². The summed E-state index contributed by atoms with van der Waals surface area (Å²) in [5, 5.41) is 0. The number of nitrogens with zero attached hydrogens (tertiary/aromatic N) is 1. The molecule has 1 aromatic rings. The van der Waals surface area contributed by atoms with E-state index in [1.807, 2.05) is 0 Å². The lowest BCUT2D eigenvalue weighted by molar-refractivity contribution is -0.0231. The number of sulfone groups is 1. The molecule has 0 spiro atoms. The molecule has 0 amide bonds. The number of rotatable bonds is 5. The Kier molecular flexibility index (Phi) is 4.03. The smallest absolute Gasteiger partial charge is 0.278 e. The van der Waals surface area contributed by atoms with Gasteiger partial charge in [0.15, 0.2) is 16.4 Å². The summed E-state index contributed by atoms with van der Waals surface area (Å²) in [6.45, 7) is 1.39. The summed E-state index contributed by atoms with van der Waals surface area (Å²) in [6.07, 6.45) is 2.36. The van der Waals surface area contributed by atoms with Crippen LogP contribution in [0.15, 0.2) is 23.4 Å². The van der Waals surface area contributed by atoms with E-state index >= 15 is 0 Å². The second-order valence-electron chi connectivity index (χ2n) is 3.62. The Bertz CT molecular complexity index is 483. The van der Waals surface area contributed by atoms with E-state index in [1.54, 1.807) is 0 Å².